The van der Waals surface area contributed by atoms with Gasteiger partial charge in [0.05, 0.1) is 28.3 Å². The molecule has 12 rings (SSSR count). The lowest BCUT2D eigenvalue weighted by Gasteiger charge is -2.39. The third-order valence-corrected chi connectivity index (χ3v) is 20.4. The normalized spacial score (nSPS) is 18.5. The van der Waals surface area contributed by atoms with E-state index in [0.717, 1.165) is 72.9 Å². The van der Waals surface area contributed by atoms with Crippen LogP contribution < -0.4 is 22.0 Å². The number of aromatic hydroxyl groups is 1. The second kappa shape index (κ2) is 15.2. The summed E-state index contributed by atoms with van der Waals surface area (Å²) in [6.45, 7) is 0. The van der Waals surface area contributed by atoms with Crippen LogP contribution in [0.4, 0.5) is 0 Å². The van der Waals surface area contributed by atoms with E-state index >= 15 is 0 Å². The number of nitrogens with one attached hydrogen (secondary N) is 1. The Hall–Kier alpha value is -5.26. The van der Waals surface area contributed by atoms with Crippen LogP contribution in [0.5, 0.6) is 5.88 Å². The zero-order chi connectivity index (χ0) is 44.4. The van der Waals surface area contributed by atoms with E-state index in [1.165, 1.54) is 41.5 Å². The standard InChI is InChI=1S/C22H18N2O6S4.C22H10N2O2S4/c23-19(27)21(29,17-7-15-13(33-17)1-3-31-15)9-5-12(26)10(6-11(9)25)22(30,20(24)28)18-8-16-14(34-18)2-4-32-16;25-21-19(17-7-15-13(29-17)1-3-27-15)9-5-12-10(6-11(9)23-21)20(22(26)24-12)18-8-16-14(30-18)2-4-28-16/h1-4,7-10,29-30H,5-6H2,(H2,23,27)(H2,24,28);1-8,23,25H. The van der Waals surface area contributed by atoms with E-state index in [-0.39, 0.29) is 21.5 Å². The number of carbonyl (C=O) groups excluding carboxylic acids is 5. The van der Waals surface area contributed by atoms with Gasteiger partial charge in [0.2, 0.25) is 0 Å². The first-order valence-electron chi connectivity index (χ1n) is 19.2. The maximum Gasteiger partial charge on any atom is 0.279 e. The number of hydrogen-bond donors (Lipinski definition) is 6. The molecule has 1 saturated carbocycles. The van der Waals surface area contributed by atoms with Gasteiger partial charge in [-0.05, 0) is 82.2 Å². The van der Waals surface area contributed by atoms with Crippen molar-refractivity contribution in [2.75, 3.05) is 0 Å². The van der Waals surface area contributed by atoms with Crippen LogP contribution in [0, 0.1) is 11.8 Å². The largest absolute Gasteiger partial charge is 0.494 e. The summed E-state index contributed by atoms with van der Waals surface area (Å²) in [5.74, 6) is -6.53. The fraction of sp³-hybridized carbons (Fsp3) is 0.136. The fourth-order valence-electron chi connectivity index (χ4n) is 8.57. The molecule has 9 aromatic heterocycles. The van der Waals surface area contributed by atoms with Gasteiger partial charge >= 0.3 is 0 Å². The Morgan fingerprint density at radius 1 is 0.625 bits per heavy atom. The van der Waals surface area contributed by atoms with Gasteiger partial charge in [0.15, 0.2) is 17.1 Å². The number of carbonyl (C=O) groups is 5. The summed E-state index contributed by atoms with van der Waals surface area (Å²) < 4.78 is 8.03. The molecule has 12 nitrogen and oxygen atoms in total. The highest BCUT2D eigenvalue weighted by Crippen LogP contribution is 2.49. The number of aromatic amines is 1. The van der Waals surface area contributed by atoms with Crippen molar-refractivity contribution in [3.05, 3.63) is 107 Å². The van der Waals surface area contributed by atoms with Gasteiger partial charge in [-0.15, -0.1) is 90.7 Å². The molecule has 0 bridgehead atoms. The van der Waals surface area contributed by atoms with Crippen molar-refractivity contribution in [2.24, 2.45) is 28.3 Å². The van der Waals surface area contributed by atoms with Gasteiger partial charge in [0.1, 0.15) is 11.6 Å². The lowest BCUT2D eigenvalue weighted by Crippen LogP contribution is -2.57. The second-order valence-corrected chi connectivity index (χ2v) is 23.4. The molecule has 0 radical (unpaired) electrons. The van der Waals surface area contributed by atoms with Crippen LogP contribution in [0.3, 0.4) is 0 Å². The Bertz CT molecular complexity index is 3530. The Labute approximate surface area is 391 Å². The Kier molecular flexibility index (Phi) is 9.82. The van der Waals surface area contributed by atoms with Crippen LogP contribution in [0.1, 0.15) is 27.5 Å². The van der Waals surface area contributed by atoms with E-state index in [1.54, 1.807) is 57.5 Å². The molecule has 1 fully saturated rings. The number of H-pyrrole nitrogens is 1. The van der Waals surface area contributed by atoms with Crippen LogP contribution in [0.2, 0.25) is 0 Å². The lowest BCUT2D eigenvalue weighted by molar-refractivity contribution is -0.166. The number of benzene rings is 1. The molecule has 10 aromatic rings. The van der Waals surface area contributed by atoms with Crippen molar-refractivity contribution in [3.8, 4) is 16.3 Å². The van der Waals surface area contributed by atoms with Gasteiger partial charge in [-0.25, -0.2) is 4.99 Å². The smallest absolute Gasteiger partial charge is 0.279 e. The number of fused-ring (bicyclic) bond motifs is 6. The Morgan fingerprint density at radius 3 is 1.55 bits per heavy atom. The second-order valence-electron chi connectivity index (χ2n) is 15.3. The van der Waals surface area contributed by atoms with Crippen molar-refractivity contribution < 1.29 is 39.3 Å². The number of rotatable bonds is 8. The average Bonchev–Trinajstić information content (AvgIpc) is 4.07. The number of primary amides is 2. The van der Waals surface area contributed by atoms with E-state index in [0.29, 0.717) is 10.9 Å². The number of thiophene rings is 8. The van der Waals surface area contributed by atoms with Crippen molar-refractivity contribution in [1.29, 1.82) is 0 Å². The molecule has 3 amide bonds. The topological polar surface area (TPSA) is 226 Å². The van der Waals surface area contributed by atoms with Gasteiger partial charge < -0.3 is 31.8 Å². The van der Waals surface area contributed by atoms with E-state index in [2.05, 4.69) is 45.0 Å². The molecule has 320 valence electrons. The summed E-state index contributed by atoms with van der Waals surface area (Å²) >= 11 is 11.7. The number of nitrogens with two attached hydrogens (primary N) is 2. The molecule has 8 N–H and O–H groups in total. The van der Waals surface area contributed by atoms with Gasteiger partial charge in [-0.3, -0.25) is 24.0 Å². The van der Waals surface area contributed by atoms with E-state index < -0.39 is 59.3 Å². The zero-order valence-corrected chi connectivity index (χ0v) is 38.9. The van der Waals surface area contributed by atoms with E-state index in [9.17, 15) is 39.3 Å². The van der Waals surface area contributed by atoms with Gasteiger partial charge in [-0.1, -0.05) is 0 Å². The molecular formula is C44H28N4O8S8. The Balaban J connectivity index is 0.000000143. The van der Waals surface area contributed by atoms with E-state index in [4.69, 9.17) is 11.5 Å². The van der Waals surface area contributed by atoms with Crippen LogP contribution in [0.15, 0.2) is 87.2 Å². The molecule has 1 aliphatic carbocycles. The first-order chi connectivity index (χ1) is 30.7. The molecule has 0 spiro atoms. The molecule has 2 aliphatic rings. The molecule has 20 heteroatoms. The maximum absolute atomic E-state index is 13.3. The number of nitrogens with zero attached hydrogens (tertiary/aromatic N) is 1. The predicted octanol–water partition coefficient (Wildman–Crippen LogP) is 7.90. The summed E-state index contributed by atoms with van der Waals surface area (Å²) in [5, 5.41) is 43.7. The highest BCUT2D eigenvalue weighted by molar-refractivity contribution is 7.29. The summed E-state index contributed by atoms with van der Waals surface area (Å²) in [7, 11) is 0. The minimum absolute atomic E-state index is 0.145. The van der Waals surface area contributed by atoms with Crippen LogP contribution in [-0.2, 0) is 35.2 Å². The van der Waals surface area contributed by atoms with Crippen LogP contribution >= 0.6 is 90.7 Å². The van der Waals surface area contributed by atoms with Crippen molar-refractivity contribution in [3.63, 3.8) is 0 Å². The summed E-state index contributed by atoms with van der Waals surface area (Å²) in [4.78, 5) is 74.0. The fourth-order valence-corrected chi connectivity index (χ4v) is 17.4. The molecule has 64 heavy (non-hydrogen) atoms. The van der Waals surface area contributed by atoms with Crippen molar-refractivity contribution >= 4 is 174 Å². The SMILES string of the molecule is NC(=O)C(O)(c1cc2sccc2s1)C1CC(=O)C(C(O)(C(N)=O)c2cc3sccc3s2)CC1=O.O=C1N=c2cc3c(-c4cc5sccc5s4)c(O)[nH]c3cc2=C1c1cc2sccc2s1. The number of aliphatic hydroxyl groups is 2. The highest BCUT2D eigenvalue weighted by Gasteiger charge is 2.58. The number of aromatic nitrogens is 1. The number of hydrogen-bond acceptors (Lipinski definition) is 16. The maximum atomic E-state index is 13.3. The van der Waals surface area contributed by atoms with Gasteiger partial charge in [0, 0.05) is 86.1 Å². The third kappa shape index (κ3) is 6.34. The van der Waals surface area contributed by atoms with Crippen LogP contribution in [-0.4, -0.2) is 49.6 Å². The summed E-state index contributed by atoms with van der Waals surface area (Å²) in [5.41, 5.74) is 8.56. The van der Waals surface area contributed by atoms with Gasteiger partial charge in [0.25, 0.3) is 17.7 Å². The molecule has 4 unspecified atom stereocenters. The third-order valence-electron chi connectivity index (χ3n) is 11.7. The first-order valence-corrected chi connectivity index (χ1v) is 26.0. The van der Waals surface area contributed by atoms with Crippen molar-refractivity contribution in [1.82, 2.24) is 4.98 Å². The first kappa shape index (κ1) is 41.4. The number of ketones is 2. The number of Topliss-reactive ketones (excluding diaryl/α,β-unsaturated/α-hetero) is 2. The van der Waals surface area contributed by atoms with E-state index in [1.807, 2.05) is 35.0 Å². The average molecular weight is 997 g/mol. The summed E-state index contributed by atoms with van der Waals surface area (Å²) in [6, 6.07) is 19.0. The minimum Gasteiger partial charge on any atom is -0.494 e. The highest BCUT2D eigenvalue weighted by atomic mass is 32.1. The monoisotopic (exact) mass is 996 g/mol. The molecule has 4 atom stereocenters. The molecular weight excluding hydrogens is 969 g/mol. The predicted molar refractivity (Wildman–Crippen MR) is 258 cm³/mol. The van der Waals surface area contributed by atoms with Crippen LogP contribution in [0.25, 0.3) is 64.5 Å². The lowest BCUT2D eigenvalue weighted by atomic mass is 9.66. The number of amides is 3. The molecule has 10 heterocycles. The Morgan fingerprint density at radius 2 is 1.08 bits per heavy atom. The molecule has 0 saturated heterocycles. The quantitative estimate of drug-likeness (QED) is 0.0875. The van der Waals surface area contributed by atoms with Gasteiger partial charge in [-0.2, -0.15) is 0 Å². The molecule has 1 aromatic carbocycles. The minimum atomic E-state index is -2.39. The van der Waals surface area contributed by atoms with Crippen molar-refractivity contribution in [2.45, 2.75) is 24.0 Å². The summed E-state index contributed by atoms with van der Waals surface area (Å²) in [6.07, 6.45) is -1.13. The zero-order valence-electron chi connectivity index (χ0n) is 32.4. The molecule has 1 aliphatic heterocycles.